The molecule has 0 bridgehead atoms. The Balaban J connectivity index is 1.96. The lowest BCUT2D eigenvalue weighted by molar-refractivity contribution is -0.133. The molecule has 0 aromatic heterocycles. The lowest BCUT2D eigenvalue weighted by Gasteiger charge is -2.26. The van der Waals surface area contributed by atoms with E-state index in [0.717, 1.165) is 6.42 Å². The first kappa shape index (κ1) is 24.0. The van der Waals surface area contributed by atoms with Crippen molar-refractivity contribution in [1.82, 2.24) is 15.2 Å². The van der Waals surface area contributed by atoms with Crippen LogP contribution < -0.4 is 14.8 Å². The van der Waals surface area contributed by atoms with E-state index < -0.39 is 17.8 Å². The van der Waals surface area contributed by atoms with Crippen molar-refractivity contribution in [3.05, 3.63) is 59.4 Å². The van der Waals surface area contributed by atoms with Crippen molar-refractivity contribution in [2.24, 2.45) is 5.10 Å². The molecule has 33 heavy (non-hydrogen) atoms. The largest absolute Gasteiger partial charge is 0.497 e. The number of amides is 3. The number of carbonyl (C=O) groups is 2. The van der Waals surface area contributed by atoms with Gasteiger partial charge in [-0.2, -0.15) is 5.10 Å². The number of benzene rings is 2. The molecule has 1 N–H and O–H groups in total. The van der Waals surface area contributed by atoms with Crippen molar-refractivity contribution in [3.63, 3.8) is 0 Å². The van der Waals surface area contributed by atoms with E-state index in [-0.39, 0.29) is 19.0 Å². The third-order valence-electron chi connectivity index (χ3n) is 5.39. The fraction of sp³-hybridized carbons (Fsp3) is 0.375. The van der Waals surface area contributed by atoms with Gasteiger partial charge in [0.25, 0.3) is 5.91 Å². The minimum absolute atomic E-state index is 0.188. The van der Waals surface area contributed by atoms with Gasteiger partial charge in [0.05, 0.1) is 26.0 Å². The number of carbonyl (C=O) groups excluding carboxylic acids is 2. The first-order chi connectivity index (χ1) is 15.9. The Morgan fingerprint density at radius 2 is 1.97 bits per heavy atom. The number of hydrogen-bond donors (Lipinski definition) is 1. The lowest BCUT2D eigenvalue weighted by atomic mass is 9.97. The van der Waals surface area contributed by atoms with Gasteiger partial charge in [0, 0.05) is 31.1 Å². The zero-order chi connectivity index (χ0) is 24.0. The van der Waals surface area contributed by atoms with E-state index in [1.54, 1.807) is 50.6 Å². The van der Waals surface area contributed by atoms with Crippen LogP contribution in [0.25, 0.3) is 0 Å². The molecule has 0 aliphatic carbocycles. The van der Waals surface area contributed by atoms with Crippen molar-refractivity contribution >= 4 is 17.6 Å². The fourth-order valence-electron chi connectivity index (χ4n) is 3.65. The van der Waals surface area contributed by atoms with Crippen molar-refractivity contribution in [2.45, 2.75) is 25.8 Å². The molecule has 0 spiro atoms. The van der Waals surface area contributed by atoms with Crippen LogP contribution in [0.3, 0.4) is 0 Å². The normalized spacial score (nSPS) is 15.1. The number of methoxy groups -OCH3 is 2. The molecule has 3 amide bonds. The molecule has 3 rings (SSSR count). The Labute approximate surface area is 193 Å². The van der Waals surface area contributed by atoms with Gasteiger partial charge in [-0.05, 0) is 30.7 Å². The highest BCUT2D eigenvalue weighted by Gasteiger charge is 2.36. The van der Waals surface area contributed by atoms with E-state index in [4.69, 9.17) is 9.47 Å². The molecule has 176 valence electrons. The summed E-state index contributed by atoms with van der Waals surface area (Å²) in [4.78, 5) is 26.8. The summed E-state index contributed by atoms with van der Waals surface area (Å²) >= 11 is 0. The van der Waals surface area contributed by atoms with Gasteiger partial charge in [-0.3, -0.25) is 4.79 Å². The zero-order valence-corrected chi connectivity index (χ0v) is 19.3. The van der Waals surface area contributed by atoms with Gasteiger partial charge in [0.2, 0.25) is 0 Å². The van der Waals surface area contributed by atoms with Crippen LogP contribution in [-0.2, 0) is 4.79 Å². The molecule has 2 aromatic carbocycles. The fourth-order valence-corrected chi connectivity index (χ4v) is 3.65. The summed E-state index contributed by atoms with van der Waals surface area (Å²) in [6, 6.07) is 10.7. The number of nitrogens with one attached hydrogen (secondary N) is 1. The van der Waals surface area contributed by atoms with Gasteiger partial charge in [-0.15, -0.1) is 0 Å². The highest BCUT2D eigenvalue weighted by molar-refractivity contribution is 6.03. The van der Waals surface area contributed by atoms with Crippen molar-refractivity contribution in [2.75, 3.05) is 34.4 Å². The summed E-state index contributed by atoms with van der Waals surface area (Å²) in [6.45, 7) is 2.27. The monoisotopic (exact) mass is 456 g/mol. The number of nitrogens with zero attached hydrogens (tertiary/aromatic N) is 3. The number of ether oxygens (including phenoxy) is 2. The van der Waals surface area contributed by atoms with E-state index in [1.165, 1.54) is 23.1 Å². The molecule has 1 unspecified atom stereocenters. The van der Waals surface area contributed by atoms with E-state index >= 15 is 0 Å². The molecule has 2 aromatic rings. The standard InChI is InChI=1S/C24H29FN4O4/c1-5-12-26-24(31)28(2)15-23(30)29-21(18-13-16(32-3)10-11-22(18)33-4)14-20(27-29)17-8-6-7-9-19(17)25/h6-11,13,21H,5,12,14-15H2,1-4H3,(H,26,31). The van der Waals surface area contributed by atoms with Crippen LogP contribution in [0.15, 0.2) is 47.6 Å². The average Bonchev–Trinajstić information content (AvgIpc) is 3.27. The molecule has 0 saturated carbocycles. The van der Waals surface area contributed by atoms with E-state index in [1.807, 2.05) is 6.92 Å². The second kappa shape index (κ2) is 10.8. The summed E-state index contributed by atoms with van der Waals surface area (Å²) in [5, 5.41) is 8.54. The first-order valence-corrected chi connectivity index (χ1v) is 10.7. The minimum atomic E-state index is -0.552. The third kappa shape index (κ3) is 5.42. The van der Waals surface area contributed by atoms with Crippen LogP contribution in [0.2, 0.25) is 0 Å². The quantitative estimate of drug-likeness (QED) is 0.658. The summed E-state index contributed by atoms with van der Waals surface area (Å²) < 4.78 is 25.4. The smallest absolute Gasteiger partial charge is 0.317 e. The van der Waals surface area contributed by atoms with Crippen LogP contribution in [-0.4, -0.2) is 61.9 Å². The molecule has 1 atom stereocenters. The molecular formula is C24H29FN4O4. The van der Waals surface area contributed by atoms with Crippen molar-refractivity contribution in [3.8, 4) is 11.5 Å². The first-order valence-electron chi connectivity index (χ1n) is 10.7. The van der Waals surface area contributed by atoms with Crippen LogP contribution in [0, 0.1) is 5.82 Å². The summed E-state index contributed by atoms with van der Waals surface area (Å²) in [7, 11) is 4.63. The number of halogens is 1. The number of likely N-dealkylation sites (N-methyl/N-ethyl adjacent to an activating group) is 1. The van der Waals surface area contributed by atoms with E-state index in [9.17, 15) is 14.0 Å². The predicted molar refractivity (Wildman–Crippen MR) is 123 cm³/mol. The maximum absolute atomic E-state index is 14.5. The summed E-state index contributed by atoms with van der Waals surface area (Å²) in [6.07, 6.45) is 1.07. The maximum Gasteiger partial charge on any atom is 0.317 e. The second-order valence-electron chi connectivity index (χ2n) is 7.68. The van der Waals surface area contributed by atoms with Gasteiger partial charge < -0.3 is 19.7 Å². The Kier molecular flexibility index (Phi) is 7.87. The Morgan fingerprint density at radius 3 is 2.64 bits per heavy atom. The highest BCUT2D eigenvalue weighted by Crippen LogP contribution is 2.39. The van der Waals surface area contributed by atoms with Crippen LogP contribution in [0.4, 0.5) is 9.18 Å². The molecular weight excluding hydrogens is 427 g/mol. The topological polar surface area (TPSA) is 83.5 Å². The third-order valence-corrected chi connectivity index (χ3v) is 5.39. The zero-order valence-electron chi connectivity index (χ0n) is 19.3. The van der Waals surface area contributed by atoms with E-state index in [0.29, 0.717) is 34.9 Å². The Hall–Kier alpha value is -3.62. The average molecular weight is 457 g/mol. The predicted octanol–water partition coefficient (Wildman–Crippen LogP) is 3.57. The number of rotatable bonds is 8. The SMILES string of the molecule is CCCNC(=O)N(C)CC(=O)N1N=C(c2ccccc2F)CC1c1cc(OC)ccc1OC. The molecule has 9 heteroatoms. The molecule has 1 heterocycles. The molecule has 8 nitrogen and oxygen atoms in total. The van der Waals surface area contributed by atoms with Crippen LogP contribution >= 0.6 is 0 Å². The lowest BCUT2D eigenvalue weighted by Crippen LogP contribution is -2.43. The maximum atomic E-state index is 14.5. The summed E-state index contributed by atoms with van der Waals surface area (Å²) in [5.74, 6) is 0.328. The molecule has 1 aliphatic heterocycles. The highest BCUT2D eigenvalue weighted by atomic mass is 19.1. The molecule has 0 radical (unpaired) electrons. The minimum Gasteiger partial charge on any atom is -0.497 e. The summed E-state index contributed by atoms with van der Waals surface area (Å²) in [5.41, 5.74) is 1.45. The number of urea groups is 1. The Bertz CT molecular complexity index is 1040. The van der Waals surface area contributed by atoms with E-state index in [2.05, 4.69) is 10.4 Å². The van der Waals surface area contributed by atoms with Gasteiger partial charge in [0.1, 0.15) is 23.9 Å². The number of hydrogen-bond acceptors (Lipinski definition) is 5. The Morgan fingerprint density at radius 1 is 1.21 bits per heavy atom. The van der Waals surface area contributed by atoms with Gasteiger partial charge >= 0.3 is 6.03 Å². The molecule has 0 fully saturated rings. The molecule has 0 saturated heterocycles. The van der Waals surface area contributed by atoms with Crippen LogP contribution in [0.1, 0.15) is 36.9 Å². The van der Waals surface area contributed by atoms with Crippen molar-refractivity contribution < 1.29 is 23.5 Å². The van der Waals surface area contributed by atoms with Crippen LogP contribution in [0.5, 0.6) is 11.5 Å². The number of hydrazone groups is 1. The molecule has 1 aliphatic rings. The second-order valence-corrected chi connectivity index (χ2v) is 7.68. The van der Waals surface area contributed by atoms with Gasteiger partial charge in [-0.25, -0.2) is 14.2 Å². The van der Waals surface area contributed by atoms with Gasteiger partial charge in [-0.1, -0.05) is 25.1 Å². The van der Waals surface area contributed by atoms with Gasteiger partial charge in [0.15, 0.2) is 0 Å². The van der Waals surface area contributed by atoms with Crippen molar-refractivity contribution in [1.29, 1.82) is 0 Å².